The van der Waals surface area contributed by atoms with Crippen molar-refractivity contribution in [2.45, 2.75) is 18.3 Å². The maximum Gasteiger partial charge on any atom is 0.148 e. The Hall–Kier alpha value is -1.42. The lowest BCUT2D eigenvalue weighted by Crippen LogP contribution is -2.34. The van der Waals surface area contributed by atoms with E-state index in [0.29, 0.717) is 5.52 Å². The van der Waals surface area contributed by atoms with Crippen molar-refractivity contribution in [3.05, 3.63) is 29.7 Å². The van der Waals surface area contributed by atoms with Crippen LogP contribution in [0.15, 0.2) is 18.2 Å². The average Bonchev–Trinajstić information content (AvgIpc) is 2.93. The van der Waals surface area contributed by atoms with E-state index in [1.54, 1.807) is 6.07 Å². The number of hydrogen-bond donors (Lipinski definition) is 2. The largest absolute Gasteiger partial charge is 0.316 e. The van der Waals surface area contributed by atoms with Crippen LogP contribution >= 0.6 is 0 Å². The number of halogens is 1. The maximum absolute atomic E-state index is 13.6. The van der Waals surface area contributed by atoms with E-state index in [1.165, 1.54) is 18.9 Å². The fraction of sp³-hybridized carbons (Fsp3) is 0.462. The third kappa shape index (κ3) is 1.16. The van der Waals surface area contributed by atoms with Gasteiger partial charge in [-0.3, -0.25) is 5.10 Å². The van der Waals surface area contributed by atoms with Gasteiger partial charge in [0, 0.05) is 17.3 Å². The van der Waals surface area contributed by atoms with Gasteiger partial charge < -0.3 is 5.32 Å². The molecule has 1 saturated heterocycles. The maximum atomic E-state index is 13.6. The van der Waals surface area contributed by atoms with Crippen molar-refractivity contribution < 1.29 is 4.39 Å². The molecule has 1 aliphatic heterocycles. The summed E-state index contributed by atoms with van der Waals surface area (Å²) >= 11 is 0. The van der Waals surface area contributed by atoms with Crippen molar-refractivity contribution in [2.24, 2.45) is 5.92 Å². The molecule has 1 aromatic heterocycles. The first-order valence-electron chi connectivity index (χ1n) is 6.15. The predicted octanol–water partition coefficient (Wildman–Crippen LogP) is 1.95. The van der Waals surface area contributed by atoms with Crippen LogP contribution in [0.3, 0.4) is 0 Å². The van der Waals surface area contributed by atoms with Gasteiger partial charge in [-0.25, -0.2) is 4.39 Å². The molecule has 1 saturated carbocycles. The molecule has 0 amide bonds. The van der Waals surface area contributed by atoms with Gasteiger partial charge in [0.15, 0.2) is 0 Å². The van der Waals surface area contributed by atoms with Gasteiger partial charge in [-0.15, -0.1) is 0 Å². The minimum atomic E-state index is -0.210. The fourth-order valence-corrected chi connectivity index (χ4v) is 3.32. The molecule has 1 aromatic carbocycles. The van der Waals surface area contributed by atoms with Crippen LogP contribution in [0.2, 0.25) is 0 Å². The highest BCUT2D eigenvalue weighted by atomic mass is 19.1. The van der Waals surface area contributed by atoms with Crippen LogP contribution in [0.4, 0.5) is 4.39 Å². The summed E-state index contributed by atoms with van der Waals surface area (Å²) in [5.41, 5.74) is 1.78. The number of para-hydroxylation sites is 1. The zero-order chi connectivity index (χ0) is 11.5. The molecule has 17 heavy (non-hydrogen) atoms. The summed E-state index contributed by atoms with van der Waals surface area (Å²) in [6.07, 6.45) is 2.40. The van der Waals surface area contributed by atoms with E-state index in [4.69, 9.17) is 0 Å². The van der Waals surface area contributed by atoms with E-state index in [9.17, 15) is 4.39 Å². The summed E-state index contributed by atoms with van der Waals surface area (Å²) in [7, 11) is 0. The molecular weight excluding hydrogens is 217 g/mol. The number of hydrogen-bond acceptors (Lipinski definition) is 2. The number of nitrogens with one attached hydrogen (secondary N) is 2. The second kappa shape index (κ2) is 3.07. The van der Waals surface area contributed by atoms with Crippen LogP contribution in [0.25, 0.3) is 10.9 Å². The third-order valence-corrected chi connectivity index (χ3v) is 4.36. The number of H-pyrrole nitrogens is 1. The Morgan fingerprint density at radius 2 is 2.35 bits per heavy atom. The Morgan fingerprint density at radius 3 is 3.24 bits per heavy atom. The summed E-state index contributed by atoms with van der Waals surface area (Å²) in [5.74, 6) is 0.525. The average molecular weight is 231 g/mol. The molecule has 1 aliphatic carbocycles. The molecule has 2 aromatic rings. The minimum Gasteiger partial charge on any atom is -0.316 e. The van der Waals surface area contributed by atoms with Crippen molar-refractivity contribution in [2.75, 3.05) is 13.1 Å². The summed E-state index contributed by atoms with van der Waals surface area (Å²) in [4.78, 5) is 0. The molecule has 2 heterocycles. The number of aromatic nitrogens is 2. The molecule has 0 radical (unpaired) electrons. The summed E-state index contributed by atoms with van der Waals surface area (Å²) in [5, 5.41) is 11.6. The summed E-state index contributed by atoms with van der Waals surface area (Å²) in [6.45, 7) is 2.08. The standard InChI is InChI=1S/C13H14FN3/c14-10-3-1-2-9-11(10)16-17-12(9)13-6-8(13)4-5-15-7-13/h1-3,8,15H,4-7H2,(H,16,17). The van der Waals surface area contributed by atoms with Crippen LogP contribution in [0.5, 0.6) is 0 Å². The number of rotatable bonds is 1. The summed E-state index contributed by atoms with van der Waals surface area (Å²) in [6, 6.07) is 5.21. The molecular formula is C13H14FN3. The molecule has 2 unspecified atom stereocenters. The topological polar surface area (TPSA) is 40.7 Å². The Kier molecular flexibility index (Phi) is 1.73. The normalized spacial score (nSPS) is 31.5. The first-order chi connectivity index (χ1) is 8.31. The van der Waals surface area contributed by atoms with E-state index < -0.39 is 0 Å². The van der Waals surface area contributed by atoms with E-state index >= 15 is 0 Å². The fourth-order valence-electron chi connectivity index (χ4n) is 3.32. The smallest absolute Gasteiger partial charge is 0.148 e. The van der Waals surface area contributed by atoms with Crippen LogP contribution in [0.1, 0.15) is 18.5 Å². The molecule has 0 spiro atoms. The van der Waals surface area contributed by atoms with Crippen LogP contribution < -0.4 is 5.32 Å². The van der Waals surface area contributed by atoms with Crippen molar-refractivity contribution in [3.8, 4) is 0 Å². The van der Waals surface area contributed by atoms with Gasteiger partial charge in [-0.2, -0.15) is 5.10 Å². The molecule has 2 N–H and O–H groups in total. The van der Waals surface area contributed by atoms with Crippen LogP contribution in [0, 0.1) is 11.7 Å². The number of nitrogens with zero attached hydrogens (tertiary/aromatic N) is 1. The van der Waals surface area contributed by atoms with E-state index in [2.05, 4.69) is 15.5 Å². The van der Waals surface area contributed by atoms with Crippen molar-refractivity contribution in [3.63, 3.8) is 0 Å². The molecule has 2 atom stereocenters. The molecule has 0 bridgehead atoms. The first-order valence-corrected chi connectivity index (χ1v) is 6.15. The zero-order valence-corrected chi connectivity index (χ0v) is 9.46. The highest BCUT2D eigenvalue weighted by molar-refractivity contribution is 5.83. The molecule has 3 nitrogen and oxygen atoms in total. The van der Waals surface area contributed by atoms with E-state index in [1.807, 2.05) is 6.07 Å². The number of piperidine rings is 1. The third-order valence-electron chi connectivity index (χ3n) is 4.36. The quantitative estimate of drug-likeness (QED) is 0.787. The lowest BCUT2D eigenvalue weighted by Gasteiger charge is -2.21. The lowest BCUT2D eigenvalue weighted by atomic mass is 9.92. The van der Waals surface area contributed by atoms with Crippen LogP contribution in [-0.4, -0.2) is 23.3 Å². The van der Waals surface area contributed by atoms with Crippen LogP contribution in [-0.2, 0) is 5.41 Å². The highest BCUT2D eigenvalue weighted by Crippen LogP contribution is 2.57. The Bertz CT molecular complexity index is 591. The Balaban J connectivity index is 1.90. The number of aromatic amines is 1. The molecule has 2 fully saturated rings. The monoisotopic (exact) mass is 231 g/mol. The second-order valence-corrected chi connectivity index (χ2v) is 5.26. The van der Waals surface area contributed by atoms with Gasteiger partial charge in [0.05, 0.1) is 5.69 Å². The highest BCUT2D eigenvalue weighted by Gasteiger charge is 2.58. The van der Waals surface area contributed by atoms with Crippen molar-refractivity contribution in [1.82, 2.24) is 15.5 Å². The minimum absolute atomic E-state index is 0.171. The molecule has 2 aliphatic rings. The van der Waals surface area contributed by atoms with Gasteiger partial charge in [-0.05, 0) is 31.4 Å². The first kappa shape index (κ1) is 9.59. The number of benzene rings is 1. The zero-order valence-electron chi connectivity index (χ0n) is 9.46. The van der Waals surface area contributed by atoms with Crippen molar-refractivity contribution in [1.29, 1.82) is 0 Å². The number of fused-ring (bicyclic) bond motifs is 2. The van der Waals surface area contributed by atoms with E-state index in [0.717, 1.165) is 30.1 Å². The SMILES string of the molecule is Fc1cccc2c(C34CNCCC3C4)n[nH]c12. The molecule has 4 rings (SSSR count). The summed E-state index contributed by atoms with van der Waals surface area (Å²) < 4.78 is 13.6. The van der Waals surface area contributed by atoms with Gasteiger partial charge >= 0.3 is 0 Å². The second-order valence-electron chi connectivity index (χ2n) is 5.26. The van der Waals surface area contributed by atoms with Gasteiger partial charge in [-0.1, -0.05) is 12.1 Å². The Morgan fingerprint density at radius 1 is 1.41 bits per heavy atom. The van der Waals surface area contributed by atoms with Crippen molar-refractivity contribution >= 4 is 10.9 Å². The van der Waals surface area contributed by atoms with E-state index in [-0.39, 0.29) is 11.2 Å². The Labute approximate surface area is 98.4 Å². The predicted molar refractivity (Wildman–Crippen MR) is 63.3 cm³/mol. The van der Waals surface area contributed by atoms with Gasteiger partial charge in [0.1, 0.15) is 11.3 Å². The van der Waals surface area contributed by atoms with Gasteiger partial charge in [0.2, 0.25) is 0 Å². The van der Waals surface area contributed by atoms with Gasteiger partial charge in [0.25, 0.3) is 0 Å². The molecule has 4 heteroatoms. The molecule has 88 valence electrons. The lowest BCUT2D eigenvalue weighted by molar-refractivity contribution is 0.441.